The molecule has 2 aromatic carbocycles. The molecule has 0 aliphatic carbocycles. The molecule has 138 valence electrons. The SMILES string of the molecule is CCOC(=O)CC(=O)C(C)Oc1ccc(Oc2ccc(Cl)cc2Cl)cc1. The van der Waals surface area contributed by atoms with Gasteiger partial charge in [-0.15, -0.1) is 0 Å². The first kappa shape index (κ1) is 20.1. The summed E-state index contributed by atoms with van der Waals surface area (Å²) in [5.74, 6) is 0.590. The summed E-state index contributed by atoms with van der Waals surface area (Å²) >= 11 is 11.9. The summed E-state index contributed by atoms with van der Waals surface area (Å²) < 4.78 is 16.0. The molecule has 26 heavy (non-hydrogen) atoms. The predicted molar refractivity (Wildman–Crippen MR) is 99.3 cm³/mol. The van der Waals surface area contributed by atoms with Crippen molar-refractivity contribution in [1.82, 2.24) is 0 Å². The maximum Gasteiger partial charge on any atom is 0.313 e. The molecule has 0 aromatic heterocycles. The number of ketones is 1. The van der Waals surface area contributed by atoms with Gasteiger partial charge in [-0.25, -0.2) is 0 Å². The van der Waals surface area contributed by atoms with Gasteiger partial charge in [0.1, 0.15) is 23.7 Å². The van der Waals surface area contributed by atoms with Gasteiger partial charge in [-0.3, -0.25) is 9.59 Å². The van der Waals surface area contributed by atoms with Crippen LogP contribution in [0.3, 0.4) is 0 Å². The van der Waals surface area contributed by atoms with Gasteiger partial charge in [-0.05, 0) is 56.3 Å². The molecule has 0 fully saturated rings. The molecular weight excluding hydrogens is 379 g/mol. The van der Waals surface area contributed by atoms with E-state index in [4.69, 9.17) is 37.4 Å². The van der Waals surface area contributed by atoms with Gasteiger partial charge in [0.2, 0.25) is 0 Å². The van der Waals surface area contributed by atoms with E-state index in [1.54, 1.807) is 56.3 Å². The zero-order valence-corrected chi connectivity index (χ0v) is 15.8. The van der Waals surface area contributed by atoms with E-state index in [1.807, 2.05) is 0 Å². The standard InChI is InChI=1S/C19H18Cl2O5/c1-3-24-19(23)11-17(22)12(2)25-14-5-7-15(8-6-14)26-18-9-4-13(20)10-16(18)21/h4-10,12H,3,11H2,1-2H3. The third-order valence-electron chi connectivity index (χ3n) is 3.34. The first-order chi connectivity index (χ1) is 12.4. The number of Topliss-reactive ketones (excluding diaryl/α,β-unsaturated/α-hetero) is 1. The topological polar surface area (TPSA) is 61.8 Å². The van der Waals surface area contributed by atoms with Crippen molar-refractivity contribution in [3.63, 3.8) is 0 Å². The monoisotopic (exact) mass is 396 g/mol. The molecule has 0 aliphatic rings. The molecule has 0 aliphatic heterocycles. The fraction of sp³-hybridized carbons (Fsp3) is 0.263. The van der Waals surface area contributed by atoms with Crippen molar-refractivity contribution < 1.29 is 23.8 Å². The van der Waals surface area contributed by atoms with Crippen LogP contribution in [0.1, 0.15) is 20.3 Å². The molecule has 0 saturated carbocycles. The average molecular weight is 397 g/mol. The Morgan fingerprint density at radius 1 is 1.04 bits per heavy atom. The molecule has 0 heterocycles. The van der Waals surface area contributed by atoms with Crippen LogP contribution in [0, 0.1) is 0 Å². The van der Waals surface area contributed by atoms with Crippen molar-refractivity contribution in [1.29, 1.82) is 0 Å². The third kappa shape index (κ3) is 5.93. The Morgan fingerprint density at radius 3 is 2.31 bits per heavy atom. The summed E-state index contributed by atoms with van der Waals surface area (Å²) in [7, 11) is 0. The van der Waals surface area contributed by atoms with Gasteiger partial charge < -0.3 is 14.2 Å². The molecule has 2 aromatic rings. The average Bonchev–Trinajstić information content (AvgIpc) is 2.59. The summed E-state index contributed by atoms with van der Waals surface area (Å²) in [5, 5.41) is 0.920. The van der Waals surface area contributed by atoms with E-state index < -0.39 is 12.1 Å². The van der Waals surface area contributed by atoms with Gasteiger partial charge in [0.25, 0.3) is 0 Å². The highest BCUT2D eigenvalue weighted by atomic mass is 35.5. The Hall–Kier alpha value is -2.24. The molecule has 5 nitrogen and oxygen atoms in total. The second-order valence-electron chi connectivity index (χ2n) is 5.36. The van der Waals surface area contributed by atoms with Crippen LogP contribution in [0.15, 0.2) is 42.5 Å². The third-order valence-corrected chi connectivity index (χ3v) is 3.87. The largest absolute Gasteiger partial charge is 0.483 e. The lowest BCUT2D eigenvalue weighted by molar-refractivity contribution is -0.146. The second kappa shape index (κ2) is 9.46. The molecule has 1 unspecified atom stereocenters. The minimum absolute atomic E-state index is 0.237. The van der Waals surface area contributed by atoms with E-state index >= 15 is 0 Å². The lowest BCUT2D eigenvalue weighted by Gasteiger charge is -2.14. The Labute approximate surface area is 161 Å². The minimum Gasteiger partial charge on any atom is -0.483 e. The molecule has 0 bridgehead atoms. The fourth-order valence-corrected chi connectivity index (χ4v) is 2.49. The number of ether oxygens (including phenoxy) is 3. The number of carbonyl (C=O) groups is 2. The van der Waals surface area contributed by atoms with Crippen LogP contribution in [-0.2, 0) is 14.3 Å². The highest BCUT2D eigenvalue weighted by molar-refractivity contribution is 6.35. The Bertz CT molecular complexity index is 774. The first-order valence-electron chi connectivity index (χ1n) is 7.97. The highest BCUT2D eigenvalue weighted by Crippen LogP contribution is 2.32. The second-order valence-corrected chi connectivity index (χ2v) is 6.20. The molecule has 0 amide bonds. The summed E-state index contributed by atoms with van der Waals surface area (Å²) in [6.45, 7) is 3.50. The van der Waals surface area contributed by atoms with Gasteiger partial charge in [0, 0.05) is 5.02 Å². The van der Waals surface area contributed by atoms with Crippen LogP contribution in [0.4, 0.5) is 0 Å². The Morgan fingerprint density at radius 2 is 1.69 bits per heavy atom. The molecule has 0 saturated heterocycles. The van der Waals surface area contributed by atoms with Crippen LogP contribution >= 0.6 is 23.2 Å². The van der Waals surface area contributed by atoms with E-state index in [-0.39, 0.29) is 18.8 Å². The molecule has 0 N–H and O–H groups in total. The quantitative estimate of drug-likeness (QED) is 0.460. The van der Waals surface area contributed by atoms with Crippen molar-refractivity contribution in [2.24, 2.45) is 0 Å². The van der Waals surface area contributed by atoms with Gasteiger partial charge in [-0.2, -0.15) is 0 Å². The van der Waals surface area contributed by atoms with Crippen molar-refractivity contribution >= 4 is 35.0 Å². The summed E-state index contributed by atoms with van der Waals surface area (Å²) in [6, 6.07) is 11.6. The number of rotatable bonds is 8. The summed E-state index contributed by atoms with van der Waals surface area (Å²) in [6.07, 6.45) is -1.08. The van der Waals surface area contributed by atoms with Crippen molar-refractivity contribution in [3.8, 4) is 17.2 Å². The van der Waals surface area contributed by atoms with Gasteiger partial charge >= 0.3 is 5.97 Å². The lowest BCUT2D eigenvalue weighted by Crippen LogP contribution is -2.26. The van der Waals surface area contributed by atoms with Crippen LogP contribution in [-0.4, -0.2) is 24.5 Å². The van der Waals surface area contributed by atoms with Gasteiger partial charge in [0.05, 0.1) is 11.6 Å². The fourth-order valence-electron chi connectivity index (χ4n) is 2.04. The first-order valence-corrected chi connectivity index (χ1v) is 8.72. The molecule has 0 spiro atoms. The van der Waals surface area contributed by atoms with E-state index in [2.05, 4.69) is 0 Å². The maximum atomic E-state index is 11.9. The van der Waals surface area contributed by atoms with Crippen LogP contribution < -0.4 is 9.47 Å². The smallest absolute Gasteiger partial charge is 0.313 e. The number of hydrogen-bond donors (Lipinski definition) is 0. The minimum atomic E-state index is -0.767. The number of esters is 1. The molecule has 0 radical (unpaired) electrons. The normalized spacial score (nSPS) is 11.5. The summed E-state index contributed by atoms with van der Waals surface area (Å²) in [4.78, 5) is 23.3. The molecule has 7 heteroatoms. The Balaban J connectivity index is 1.94. The van der Waals surface area contributed by atoms with Gasteiger partial charge in [-0.1, -0.05) is 23.2 Å². The van der Waals surface area contributed by atoms with Crippen molar-refractivity contribution in [2.75, 3.05) is 6.61 Å². The number of carbonyl (C=O) groups excluding carboxylic acids is 2. The van der Waals surface area contributed by atoms with E-state index in [9.17, 15) is 9.59 Å². The van der Waals surface area contributed by atoms with Crippen LogP contribution in [0.2, 0.25) is 10.0 Å². The maximum absolute atomic E-state index is 11.9. The van der Waals surface area contributed by atoms with Crippen molar-refractivity contribution in [2.45, 2.75) is 26.4 Å². The Kier molecular flexibility index (Phi) is 7.30. The molecular formula is C19H18Cl2O5. The summed E-state index contributed by atoms with van der Waals surface area (Å²) in [5.41, 5.74) is 0. The van der Waals surface area contributed by atoms with E-state index in [1.165, 1.54) is 0 Å². The number of hydrogen-bond acceptors (Lipinski definition) is 5. The van der Waals surface area contributed by atoms with Gasteiger partial charge in [0.15, 0.2) is 11.9 Å². The molecule has 1 atom stereocenters. The lowest BCUT2D eigenvalue weighted by atomic mass is 10.2. The predicted octanol–water partition coefficient (Wildman–Crippen LogP) is 5.08. The van der Waals surface area contributed by atoms with E-state index in [0.29, 0.717) is 27.3 Å². The molecule has 2 rings (SSSR count). The van der Waals surface area contributed by atoms with E-state index in [0.717, 1.165) is 0 Å². The zero-order chi connectivity index (χ0) is 19.1. The zero-order valence-electron chi connectivity index (χ0n) is 14.3. The van der Waals surface area contributed by atoms with Crippen LogP contribution in [0.5, 0.6) is 17.2 Å². The number of benzene rings is 2. The highest BCUT2D eigenvalue weighted by Gasteiger charge is 2.19. The van der Waals surface area contributed by atoms with Crippen molar-refractivity contribution in [3.05, 3.63) is 52.5 Å². The number of halogens is 2. The van der Waals surface area contributed by atoms with Crippen LogP contribution in [0.25, 0.3) is 0 Å².